The van der Waals surface area contributed by atoms with Crippen LogP contribution in [0.3, 0.4) is 0 Å². The van der Waals surface area contributed by atoms with Gasteiger partial charge in [-0.3, -0.25) is 4.79 Å². The molecule has 5 heteroatoms. The van der Waals surface area contributed by atoms with Crippen molar-refractivity contribution in [2.45, 2.75) is 70.1 Å². The average molecular weight is 335 g/mol. The van der Waals surface area contributed by atoms with Crippen molar-refractivity contribution in [3.05, 3.63) is 0 Å². The molecule has 4 aliphatic rings. The Kier molecular flexibility index (Phi) is 4.17. The number of likely N-dealkylation sites (tertiary alicyclic amines) is 2. The van der Waals surface area contributed by atoms with Gasteiger partial charge in [-0.1, -0.05) is 13.8 Å². The van der Waals surface area contributed by atoms with Crippen molar-refractivity contribution in [3.8, 4) is 0 Å². The van der Waals surface area contributed by atoms with Crippen molar-refractivity contribution < 1.29 is 9.53 Å². The summed E-state index contributed by atoms with van der Waals surface area (Å²) in [6.07, 6.45) is 7.09. The third-order valence-electron chi connectivity index (χ3n) is 7.45. The minimum atomic E-state index is -0.738. The fourth-order valence-electron chi connectivity index (χ4n) is 5.81. The van der Waals surface area contributed by atoms with Gasteiger partial charge in [0.1, 0.15) is 5.54 Å². The van der Waals surface area contributed by atoms with E-state index in [1.807, 2.05) is 0 Å². The van der Waals surface area contributed by atoms with E-state index in [9.17, 15) is 4.79 Å². The summed E-state index contributed by atoms with van der Waals surface area (Å²) in [5, 5.41) is 0. The van der Waals surface area contributed by atoms with E-state index in [-0.39, 0.29) is 23.3 Å². The highest BCUT2D eigenvalue weighted by molar-refractivity contribution is 5.89. The van der Waals surface area contributed by atoms with E-state index < -0.39 is 5.54 Å². The lowest BCUT2D eigenvalue weighted by Gasteiger charge is -2.66. The Morgan fingerprint density at radius 1 is 1.04 bits per heavy atom. The number of hydrogen-bond acceptors (Lipinski definition) is 4. The van der Waals surface area contributed by atoms with Gasteiger partial charge < -0.3 is 20.3 Å². The zero-order chi connectivity index (χ0) is 16.9. The first-order chi connectivity index (χ1) is 11.5. The van der Waals surface area contributed by atoms with Crippen LogP contribution in [0.1, 0.15) is 52.4 Å². The Bertz CT molecular complexity index is 495. The number of amides is 1. The number of fused-ring (bicyclic) bond motifs is 1. The monoisotopic (exact) mass is 335 g/mol. The summed E-state index contributed by atoms with van der Waals surface area (Å²) in [4.78, 5) is 18.0. The Labute approximate surface area is 145 Å². The van der Waals surface area contributed by atoms with Crippen LogP contribution in [0.2, 0.25) is 0 Å². The van der Waals surface area contributed by atoms with E-state index in [4.69, 9.17) is 10.5 Å². The molecule has 0 aromatic carbocycles. The molecule has 1 amide bonds. The molecule has 4 rings (SSSR count). The number of carbonyl (C=O) groups is 1. The second kappa shape index (κ2) is 5.96. The number of ether oxygens (including phenoxy) is 1. The van der Waals surface area contributed by atoms with Crippen molar-refractivity contribution in [2.24, 2.45) is 17.1 Å². The van der Waals surface area contributed by atoms with Gasteiger partial charge in [-0.2, -0.15) is 0 Å². The molecule has 3 aliphatic heterocycles. The average Bonchev–Trinajstić information content (AvgIpc) is 3.15. The summed E-state index contributed by atoms with van der Waals surface area (Å²) in [6.45, 7) is 9.28. The minimum absolute atomic E-state index is 0.155. The molecule has 0 radical (unpaired) electrons. The Hall–Kier alpha value is -0.650. The number of nitrogens with zero attached hydrogens (tertiary/aromatic N) is 2. The quantitative estimate of drug-likeness (QED) is 0.833. The minimum Gasteiger partial charge on any atom is -0.377 e. The summed E-state index contributed by atoms with van der Waals surface area (Å²) in [5.74, 6) is 0.379. The predicted octanol–water partition coefficient (Wildman–Crippen LogP) is 1.61. The number of carbonyl (C=O) groups excluding carboxylic acids is 1. The van der Waals surface area contributed by atoms with Gasteiger partial charge >= 0.3 is 0 Å². The van der Waals surface area contributed by atoms with Crippen LogP contribution >= 0.6 is 0 Å². The lowest BCUT2D eigenvalue weighted by Crippen LogP contribution is -2.82. The molecule has 3 heterocycles. The number of piperidine rings is 1. The second-order valence-electron chi connectivity index (χ2n) is 8.90. The summed E-state index contributed by atoms with van der Waals surface area (Å²) < 4.78 is 5.95. The van der Waals surface area contributed by atoms with Crippen LogP contribution in [-0.2, 0) is 9.53 Å². The van der Waals surface area contributed by atoms with Crippen LogP contribution in [0.15, 0.2) is 0 Å². The molecule has 3 saturated heterocycles. The molecule has 0 spiro atoms. The Morgan fingerprint density at radius 3 is 2.38 bits per heavy atom. The SMILES string of the molecule is CC1(C)C2OCCCC2C1(N)C(=O)N1CCC(N2CCCC2)CC1. The number of rotatable bonds is 2. The zero-order valence-corrected chi connectivity index (χ0v) is 15.3. The topological polar surface area (TPSA) is 58.8 Å². The first kappa shape index (κ1) is 16.8. The van der Waals surface area contributed by atoms with E-state index >= 15 is 0 Å². The molecule has 3 atom stereocenters. The van der Waals surface area contributed by atoms with Crippen molar-refractivity contribution in [1.82, 2.24) is 9.80 Å². The maximum absolute atomic E-state index is 13.3. The van der Waals surface area contributed by atoms with Crippen LogP contribution in [-0.4, -0.2) is 66.2 Å². The Morgan fingerprint density at radius 2 is 1.71 bits per heavy atom. The predicted molar refractivity (Wildman–Crippen MR) is 93.6 cm³/mol. The van der Waals surface area contributed by atoms with Crippen molar-refractivity contribution in [1.29, 1.82) is 0 Å². The maximum Gasteiger partial charge on any atom is 0.243 e. The van der Waals surface area contributed by atoms with Crippen molar-refractivity contribution in [3.63, 3.8) is 0 Å². The zero-order valence-electron chi connectivity index (χ0n) is 15.3. The largest absolute Gasteiger partial charge is 0.377 e. The summed E-state index contributed by atoms with van der Waals surface area (Å²) in [5.41, 5.74) is 5.78. The first-order valence-electron chi connectivity index (χ1n) is 9.90. The summed E-state index contributed by atoms with van der Waals surface area (Å²) in [7, 11) is 0. The Balaban J connectivity index is 1.42. The van der Waals surface area contributed by atoms with Crippen LogP contribution in [0.25, 0.3) is 0 Å². The molecular weight excluding hydrogens is 302 g/mol. The summed E-state index contributed by atoms with van der Waals surface area (Å²) >= 11 is 0. The standard InChI is InChI=1S/C19H33N3O2/c1-18(2)16-15(6-5-13-24-16)19(18,20)17(23)22-11-7-14(8-12-22)21-9-3-4-10-21/h14-16H,3-13,20H2,1-2H3. The fraction of sp³-hybridized carbons (Fsp3) is 0.947. The second-order valence-corrected chi connectivity index (χ2v) is 8.90. The van der Waals surface area contributed by atoms with E-state index in [1.165, 1.54) is 25.9 Å². The van der Waals surface area contributed by atoms with Crippen molar-refractivity contribution >= 4 is 5.91 Å². The highest BCUT2D eigenvalue weighted by Gasteiger charge is 2.70. The maximum atomic E-state index is 13.3. The van der Waals surface area contributed by atoms with E-state index in [0.29, 0.717) is 6.04 Å². The van der Waals surface area contributed by atoms with Crippen LogP contribution in [0.4, 0.5) is 0 Å². The highest BCUT2D eigenvalue weighted by atomic mass is 16.5. The highest BCUT2D eigenvalue weighted by Crippen LogP contribution is 2.58. The molecule has 1 aliphatic carbocycles. The van der Waals surface area contributed by atoms with Gasteiger partial charge in [-0.25, -0.2) is 0 Å². The van der Waals surface area contributed by atoms with Crippen LogP contribution in [0, 0.1) is 11.3 Å². The smallest absolute Gasteiger partial charge is 0.243 e. The van der Waals surface area contributed by atoms with Gasteiger partial charge in [-0.15, -0.1) is 0 Å². The fourth-order valence-corrected chi connectivity index (χ4v) is 5.81. The molecule has 1 saturated carbocycles. The third-order valence-corrected chi connectivity index (χ3v) is 7.45. The molecule has 24 heavy (non-hydrogen) atoms. The molecule has 0 bridgehead atoms. The van der Waals surface area contributed by atoms with Crippen LogP contribution < -0.4 is 5.73 Å². The van der Waals surface area contributed by atoms with E-state index in [2.05, 4.69) is 23.6 Å². The lowest BCUT2D eigenvalue weighted by atomic mass is 9.46. The molecule has 0 aromatic heterocycles. The van der Waals surface area contributed by atoms with E-state index in [1.54, 1.807) is 0 Å². The first-order valence-corrected chi connectivity index (χ1v) is 9.90. The molecule has 0 aromatic rings. The molecule has 2 N–H and O–H groups in total. The van der Waals surface area contributed by atoms with Crippen molar-refractivity contribution in [2.75, 3.05) is 32.8 Å². The van der Waals surface area contributed by atoms with Gasteiger partial charge in [0, 0.05) is 37.1 Å². The number of nitrogens with two attached hydrogens (primary N) is 1. The summed E-state index contributed by atoms with van der Waals surface area (Å²) in [6, 6.07) is 0.672. The van der Waals surface area contributed by atoms with Crippen LogP contribution in [0.5, 0.6) is 0 Å². The molecule has 4 fully saturated rings. The third kappa shape index (κ3) is 2.27. The molecular formula is C19H33N3O2. The molecule has 136 valence electrons. The van der Waals surface area contributed by atoms with Gasteiger partial charge in [0.15, 0.2) is 0 Å². The normalized spacial score (nSPS) is 40.2. The van der Waals surface area contributed by atoms with E-state index in [0.717, 1.165) is 45.4 Å². The molecule has 3 unspecified atom stereocenters. The van der Waals surface area contributed by atoms with Gasteiger partial charge in [0.25, 0.3) is 0 Å². The van der Waals surface area contributed by atoms with Gasteiger partial charge in [0.2, 0.25) is 5.91 Å². The molecule has 5 nitrogen and oxygen atoms in total. The number of hydrogen-bond donors (Lipinski definition) is 1. The van der Waals surface area contributed by atoms with Gasteiger partial charge in [0.05, 0.1) is 6.10 Å². The lowest BCUT2D eigenvalue weighted by molar-refractivity contribution is -0.230. The van der Waals surface area contributed by atoms with Gasteiger partial charge in [-0.05, 0) is 51.6 Å².